The highest BCUT2D eigenvalue weighted by atomic mass is 79.9. The van der Waals surface area contributed by atoms with Crippen molar-refractivity contribution in [1.82, 2.24) is 0 Å². The van der Waals surface area contributed by atoms with Gasteiger partial charge in [0.15, 0.2) is 0 Å². The fraction of sp³-hybridized carbons (Fsp3) is 0.333. The van der Waals surface area contributed by atoms with Crippen LogP contribution in [0.15, 0.2) is 53.0 Å². The van der Waals surface area contributed by atoms with Gasteiger partial charge in [-0.3, -0.25) is 0 Å². The predicted molar refractivity (Wildman–Crippen MR) is 91.8 cm³/mol. The van der Waals surface area contributed by atoms with E-state index in [2.05, 4.69) is 52.3 Å². The van der Waals surface area contributed by atoms with Crippen LogP contribution in [0.4, 0.5) is 0 Å². The van der Waals surface area contributed by atoms with Gasteiger partial charge in [0.1, 0.15) is 5.75 Å². The van der Waals surface area contributed by atoms with Crippen molar-refractivity contribution in [2.45, 2.75) is 32.3 Å². The SMILES string of the molecule is CC(C)Oc1cccc(CC(CN)c2ccc(Br)cc2)c1. The van der Waals surface area contributed by atoms with Crippen molar-refractivity contribution < 1.29 is 4.74 Å². The molecule has 0 saturated carbocycles. The van der Waals surface area contributed by atoms with Crippen molar-refractivity contribution in [3.8, 4) is 5.75 Å². The smallest absolute Gasteiger partial charge is 0.119 e. The highest BCUT2D eigenvalue weighted by molar-refractivity contribution is 9.10. The van der Waals surface area contributed by atoms with Crippen molar-refractivity contribution in [2.75, 3.05) is 6.54 Å². The van der Waals surface area contributed by atoms with E-state index in [1.165, 1.54) is 11.1 Å². The topological polar surface area (TPSA) is 35.2 Å². The first kappa shape index (κ1) is 16.1. The second-order valence-electron chi connectivity index (χ2n) is 5.50. The van der Waals surface area contributed by atoms with Gasteiger partial charge in [0.05, 0.1) is 6.10 Å². The molecular formula is C18H22BrNO. The Morgan fingerprint density at radius 2 is 1.81 bits per heavy atom. The Balaban J connectivity index is 2.13. The number of rotatable bonds is 6. The lowest BCUT2D eigenvalue weighted by atomic mass is 9.92. The minimum atomic E-state index is 0.192. The summed E-state index contributed by atoms with van der Waals surface area (Å²) in [7, 11) is 0. The first-order valence-electron chi connectivity index (χ1n) is 7.29. The Hall–Kier alpha value is -1.32. The lowest BCUT2D eigenvalue weighted by Crippen LogP contribution is -2.15. The first-order valence-corrected chi connectivity index (χ1v) is 8.09. The summed E-state index contributed by atoms with van der Waals surface area (Å²) in [6.45, 7) is 4.71. The maximum atomic E-state index is 5.97. The van der Waals surface area contributed by atoms with Gasteiger partial charge >= 0.3 is 0 Å². The molecule has 0 aromatic heterocycles. The molecule has 1 atom stereocenters. The highest BCUT2D eigenvalue weighted by Gasteiger charge is 2.11. The molecule has 0 aliphatic rings. The summed E-state index contributed by atoms with van der Waals surface area (Å²) in [5.41, 5.74) is 8.50. The molecule has 21 heavy (non-hydrogen) atoms. The Bertz CT molecular complexity index is 566. The molecule has 0 radical (unpaired) electrons. The van der Waals surface area contributed by atoms with E-state index in [1.54, 1.807) is 0 Å². The van der Waals surface area contributed by atoms with Crippen LogP contribution >= 0.6 is 15.9 Å². The summed E-state index contributed by atoms with van der Waals surface area (Å²) in [6.07, 6.45) is 1.12. The number of ether oxygens (including phenoxy) is 1. The Morgan fingerprint density at radius 3 is 2.43 bits per heavy atom. The average Bonchev–Trinajstić information content (AvgIpc) is 2.45. The molecular weight excluding hydrogens is 326 g/mol. The Labute approximate surface area is 135 Å². The second-order valence-corrected chi connectivity index (χ2v) is 6.42. The van der Waals surface area contributed by atoms with Crippen LogP contribution < -0.4 is 10.5 Å². The molecule has 112 valence electrons. The van der Waals surface area contributed by atoms with Crippen LogP contribution in [-0.4, -0.2) is 12.6 Å². The molecule has 0 amide bonds. The number of benzene rings is 2. The molecule has 0 aliphatic heterocycles. The van der Waals surface area contributed by atoms with Gasteiger partial charge in [-0.25, -0.2) is 0 Å². The van der Waals surface area contributed by atoms with Gasteiger partial charge < -0.3 is 10.5 Å². The zero-order valence-electron chi connectivity index (χ0n) is 12.6. The van der Waals surface area contributed by atoms with E-state index < -0.39 is 0 Å². The van der Waals surface area contributed by atoms with Crippen molar-refractivity contribution in [3.05, 3.63) is 64.1 Å². The normalized spacial score (nSPS) is 12.4. The molecule has 2 rings (SSSR count). The molecule has 3 heteroatoms. The summed E-state index contributed by atoms with van der Waals surface area (Å²) < 4.78 is 6.85. The molecule has 0 heterocycles. The fourth-order valence-corrected chi connectivity index (χ4v) is 2.64. The molecule has 2 aromatic carbocycles. The number of hydrogen-bond donors (Lipinski definition) is 1. The minimum absolute atomic E-state index is 0.192. The minimum Gasteiger partial charge on any atom is -0.491 e. The molecule has 0 aliphatic carbocycles. The summed E-state index contributed by atoms with van der Waals surface area (Å²) >= 11 is 3.47. The lowest BCUT2D eigenvalue weighted by Gasteiger charge is -2.17. The van der Waals surface area contributed by atoms with Gasteiger partial charge in [0.25, 0.3) is 0 Å². The van der Waals surface area contributed by atoms with E-state index >= 15 is 0 Å². The van der Waals surface area contributed by atoms with Crippen molar-refractivity contribution in [1.29, 1.82) is 0 Å². The van der Waals surface area contributed by atoms with Gasteiger partial charge in [-0.05, 0) is 62.2 Å². The molecule has 0 bridgehead atoms. The van der Waals surface area contributed by atoms with E-state index in [0.717, 1.165) is 16.6 Å². The summed E-state index contributed by atoms with van der Waals surface area (Å²) in [5, 5.41) is 0. The maximum absolute atomic E-state index is 5.97. The van der Waals surface area contributed by atoms with E-state index in [9.17, 15) is 0 Å². The van der Waals surface area contributed by atoms with Crippen LogP contribution in [0.25, 0.3) is 0 Å². The van der Waals surface area contributed by atoms with Crippen LogP contribution in [0.5, 0.6) is 5.75 Å². The van der Waals surface area contributed by atoms with E-state index in [1.807, 2.05) is 26.0 Å². The molecule has 2 aromatic rings. The van der Waals surface area contributed by atoms with Gasteiger partial charge in [-0.2, -0.15) is 0 Å². The summed E-state index contributed by atoms with van der Waals surface area (Å²) in [4.78, 5) is 0. The molecule has 2 N–H and O–H groups in total. The summed E-state index contributed by atoms with van der Waals surface area (Å²) in [5.74, 6) is 1.25. The summed E-state index contributed by atoms with van der Waals surface area (Å²) in [6, 6.07) is 16.7. The highest BCUT2D eigenvalue weighted by Crippen LogP contribution is 2.24. The molecule has 0 saturated heterocycles. The third-order valence-electron chi connectivity index (χ3n) is 3.38. The monoisotopic (exact) mass is 347 g/mol. The van der Waals surface area contributed by atoms with Crippen LogP contribution in [0.1, 0.15) is 30.9 Å². The zero-order valence-corrected chi connectivity index (χ0v) is 14.1. The van der Waals surface area contributed by atoms with Gasteiger partial charge in [-0.1, -0.05) is 40.2 Å². The van der Waals surface area contributed by atoms with Gasteiger partial charge in [0, 0.05) is 10.4 Å². The first-order chi connectivity index (χ1) is 10.1. The average molecular weight is 348 g/mol. The lowest BCUT2D eigenvalue weighted by molar-refractivity contribution is 0.242. The number of nitrogens with two attached hydrogens (primary N) is 1. The molecule has 0 spiro atoms. The van der Waals surface area contributed by atoms with Crippen LogP contribution in [0.2, 0.25) is 0 Å². The maximum Gasteiger partial charge on any atom is 0.119 e. The predicted octanol–water partition coefficient (Wildman–Crippen LogP) is 4.52. The number of hydrogen-bond acceptors (Lipinski definition) is 2. The number of halogens is 1. The van der Waals surface area contributed by atoms with E-state index in [0.29, 0.717) is 12.5 Å². The van der Waals surface area contributed by atoms with Crippen LogP contribution in [0, 0.1) is 0 Å². The third-order valence-corrected chi connectivity index (χ3v) is 3.91. The van der Waals surface area contributed by atoms with Gasteiger partial charge in [-0.15, -0.1) is 0 Å². The second kappa shape index (κ2) is 7.62. The van der Waals surface area contributed by atoms with E-state index in [-0.39, 0.29) is 6.10 Å². The fourth-order valence-electron chi connectivity index (χ4n) is 2.37. The Morgan fingerprint density at radius 1 is 1.10 bits per heavy atom. The quantitative estimate of drug-likeness (QED) is 0.833. The standard InChI is InChI=1S/C18H22BrNO/c1-13(2)21-18-5-3-4-14(11-18)10-16(12-20)15-6-8-17(19)9-7-15/h3-9,11,13,16H,10,12,20H2,1-2H3. The molecule has 1 unspecified atom stereocenters. The third kappa shape index (κ3) is 4.87. The zero-order chi connectivity index (χ0) is 15.2. The molecule has 0 fully saturated rings. The van der Waals surface area contributed by atoms with Gasteiger partial charge in [0.2, 0.25) is 0 Å². The van der Waals surface area contributed by atoms with Crippen LogP contribution in [0.3, 0.4) is 0 Å². The van der Waals surface area contributed by atoms with Crippen LogP contribution in [-0.2, 0) is 6.42 Å². The van der Waals surface area contributed by atoms with Crippen molar-refractivity contribution in [3.63, 3.8) is 0 Å². The van der Waals surface area contributed by atoms with Crippen molar-refractivity contribution in [2.24, 2.45) is 5.73 Å². The Kier molecular flexibility index (Phi) is 5.83. The van der Waals surface area contributed by atoms with Crippen molar-refractivity contribution >= 4 is 15.9 Å². The van der Waals surface area contributed by atoms with E-state index in [4.69, 9.17) is 10.5 Å². The molecule has 2 nitrogen and oxygen atoms in total. The largest absolute Gasteiger partial charge is 0.491 e.